The van der Waals surface area contributed by atoms with Crippen LogP contribution in [0.3, 0.4) is 0 Å². The van der Waals surface area contributed by atoms with Gasteiger partial charge in [-0.05, 0) is 59.2 Å². The van der Waals surface area contributed by atoms with Gasteiger partial charge in [-0.25, -0.2) is 0 Å². The van der Waals surface area contributed by atoms with Crippen LogP contribution in [0.2, 0.25) is 11.5 Å². The summed E-state index contributed by atoms with van der Waals surface area (Å²) < 4.78 is 0. The van der Waals surface area contributed by atoms with E-state index in [1.165, 1.54) is 55.2 Å². The Hall–Kier alpha value is 0.130. The van der Waals surface area contributed by atoms with Gasteiger partial charge in [0.1, 0.15) is 15.1 Å². The van der Waals surface area contributed by atoms with Gasteiger partial charge in [0.25, 0.3) is 0 Å². The second kappa shape index (κ2) is 3.00. The summed E-state index contributed by atoms with van der Waals surface area (Å²) in [6.07, 6.45) is 7.56. The molecule has 6 atom stereocenters. The first-order valence-electron chi connectivity index (χ1n) is 9.03. The van der Waals surface area contributed by atoms with E-state index in [0.29, 0.717) is 10.6 Å². The number of fused-ring (bicyclic) bond motifs is 2. The summed E-state index contributed by atoms with van der Waals surface area (Å²) in [6, 6.07) is 0. The highest BCUT2D eigenvalue weighted by atomic mass is 15.0. The minimum atomic E-state index is 0.674. The molecule has 0 N–H and O–H groups in total. The van der Waals surface area contributed by atoms with Gasteiger partial charge in [-0.15, -0.1) is 0 Å². The third-order valence-corrected chi connectivity index (χ3v) is 9.75. The Morgan fingerprint density at radius 2 is 1.95 bits per heavy atom. The fourth-order valence-corrected chi connectivity index (χ4v) is 9.17. The molecule has 4 aliphatic carbocycles. The molecule has 2 heteroatoms. The van der Waals surface area contributed by atoms with Crippen LogP contribution in [0, 0.1) is 46.3 Å². The van der Waals surface area contributed by atoms with Crippen molar-refractivity contribution in [3.63, 3.8) is 0 Å². The Bertz CT molecular complexity index is 429. The van der Waals surface area contributed by atoms with E-state index < -0.39 is 0 Å². The quantitative estimate of drug-likeness (QED) is 0.679. The molecule has 0 aromatic carbocycles. The standard InChI is InChI=1S/C17H28B2/c1-4-5-15(3)6-7-19-17(15,18)16-10-8-11(16)13-9(2)12(10)14(13)16/h9-14,19H,4-8,18H2,1-3H3. The smallest absolute Gasteiger partial charge is 0.0771 e. The van der Waals surface area contributed by atoms with Crippen LogP contribution in [0.1, 0.15) is 46.5 Å². The molecule has 4 saturated carbocycles. The minimum Gasteiger partial charge on any atom is -0.0771 e. The van der Waals surface area contributed by atoms with Gasteiger partial charge in [0.05, 0.1) is 0 Å². The maximum atomic E-state index is 2.74. The van der Waals surface area contributed by atoms with Gasteiger partial charge >= 0.3 is 0 Å². The van der Waals surface area contributed by atoms with Crippen LogP contribution >= 0.6 is 0 Å². The monoisotopic (exact) mass is 254 g/mol. The van der Waals surface area contributed by atoms with E-state index in [2.05, 4.69) is 28.6 Å². The highest BCUT2D eigenvalue weighted by molar-refractivity contribution is 6.56. The second-order valence-electron chi connectivity index (χ2n) is 9.42. The SMILES string of the molecule is BC1(C23C4CC2C2C(C)C4C23)BCCC1(C)CCC. The zero-order valence-electron chi connectivity index (χ0n) is 13.2. The van der Waals surface area contributed by atoms with Gasteiger partial charge < -0.3 is 0 Å². The predicted molar refractivity (Wildman–Crippen MR) is 84.5 cm³/mol. The summed E-state index contributed by atoms with van der Waals surface area (Å²) in [5, 5.41) is 0.710. The summed E-state index contributed by atoms with van der Waals surface area (Å²) in [5.74, 6) is 7.00. The van der Waals surface area contributed by atoms with E-state index in [4.69, 9.17) is 0 Å². The van der Waals surface area contributed by atoms with E-state index >= 15 is 0 Å². The van der Waals surface area contributed by atoms with Crippen molar-refractivity contribution in [3.05, 3.63) is 0 Å². The summed E-state index contributed by atoms with van der Waals surface area (Å²) in [6.45, 7) is 7.64. The molecule has 0 amide bonds. The lowest BCUT2D eigenvalue weighted by Gasteiger charge is -2.98. The van der Waals surface area contributed by atoms with E-state index in [1.54, 1.807) is 13.7 Å². The van der Waals surface area contributed by atoms with Crippen molar-refractivity contribution in [1.82, 2.24) is 0 Å². The van der Waals surface area contributed by atoms with Crippen LogP contribution in [-0.2, 0) is 0 Å². The molecule has 1 aliphatic heterocycles. The molecule has 1 saturated heterocycles. The fraction of sp³-hybridized carbons (Fsp3) is 1.00. The van der Waals surface area contributed by atoms with Crippen molar-refractivity contribution in [1.29, 1.82) is 0 Å². The summed E-state index contributed by atoms with van der Waals surface area (Å²) >= 11 is 0. The van der Waals surface area contributed by atoms with Gasteiger partial charge in [0.15, 0.2) is 0 Å². The molecule has 0 nitrogen and oxygen atoms in total. The number of hydrogen-bond acceptors (Lipinski definition) is 0. The molecular formula is C17H28B2. The van der Waals surface area contributed by atoms with E-state index in [0.717, 1.165) is 11.3 Å². The first-order valence-corrected chi connectivity index (χ1v) is 9.03. The molecule has 0 bridgehead atoms. The summed E-state index contributed by atoms with van der Waals surface area (Å²) in [5.41, 5.74) is 1.54. The van der Waals surface area contributed by atoms with Crippen LogP contribution in [0.4, 0.5) is 0 Å². The van der Waals surface area contributed by atoms with Crippen molar-refractivity contribution in [3.8, 4) is 0 Å². The van der Waals surface area contributed by atoms with Gasteiger partial charge in [-0.1, -0.05) is 45.1 Å². The zero-order chi connectivity index (χ0) is 13.2. The predicted octanol–water partition coefficient (Wildman–Crippen LogP) is 2.95. The van der Waals surface area contributed by atoms with Crippen LogP contribution in [0.15, 0.2) is 0 Å². The van der Waals surface area contributed by atoms with E-state index in [9.17, 15) is 0 Å². The van der Waals surface area contributed by atoms with Gasteiger partial charge in [-0.2, -0.15) is 0 Å². The fourth-order valence-electron chi connectivity index (χ4n) is 9.17. The van der Waals surface area contributed by atoms with Gasteiger partial charge in [-0.3, -0.25) is 0 Å². The second-order valence-corrected chi connectivity index (χ2v) is 9.42. The van der Waals surface area contributed by atoms with Crippen molar-refractivity contribution in [2.75, 3.05) is 0 Å². The number of rotatable bonds is 3. The molecular weight excluding hydrogens is 226 g/mol. The highest BCUT2D eigenvalue weighted by Gasteiger charge is 2.93. The van der Waals surface area contributed by atoms with Crippen LogP contribution < -0.4 is 0 Å². The van der Waals surface area contributed by atoms with E-state index in [-0.39, 0.29) is 0 Å². The van der Waals surface area contributed by atoms with Crippen LogP contribution in [-0.4, -0.2) is 15.1 Å². The Balaban J connectivity index is 1.55. The van der Waals surface area contributed by atoms with E-state index in [1.807, 2.05) is 0 Å². The van der Waals surface area contributed by atoms with Gasteiger partial charge in [0.2, 0.25) is 0 Å². The lowest BCUT2D eigenvalue weighted by Crippen LogP contribution is -2.93. The topological polar surface area (TPSA) is 0 Å². The van der Waals surface area contributed by atoms with Crippen molar-refractivity contribution < 1.29 is 0 Å². The van der Waals surface area contributed by atoms with Gasteiger partial charge in [0, 0.05) is 0 Å². The molecule has 1 heterocycles. The van der Waals surface area contributed by atoms with Crippen molar-refractivity contribution in [2.45, 2.75) is 58.0 Å². The Kier molecular flexibility index (Phi) is 1.85. The molecule has 0 spiro atoms. The van der Waals surface area contributed by atoms with Crippen LogP contribution in [0.25, 0.3) is 0 Å². The lowest BCUT2D eigenvalue weighted by molar-refractivity contribution is -0.477. The third-order valence-electron chi connectivity index (χ3n) is 9.75. The molecule has 102 valence electrons. The molecule has 0 radical (unpaired) electrons. The average molecular weight is 254 g/mol. The molecule has 5 aliphatic rings. The maximum absolute atomic E-state index is 2.74. The maximum Gasteiger partial charge on any atom is 0.120 e. The Morgan fingerprint density at radius 3 is 2.53 bits per heavy atom. The molecule has 6 unspecified atom stereocenters. The average Bonchev–Trinajstić information content (AvgIpc) is 2.66. The highest BCUT2D eigenvalue weighted by Crippen LogP contribution is 2.98. The first kappa shape index (κ1) is 11.8. The zero-order valence-corrected chi connectivity index (χ0v) is 13.2. The Labute approximate surface area is 120 Å². The molecule has 5 rings (SSSR count). The normalized spacial score (nSPS) is 70.9. The van der Waals surface area contributed by atoms with Crippen molar-refractivity contribution in [2.24, 2.45) is 46.3 Å². The summed E-state index contributed by atoms with van der Waals surface area (Å²) in [7, 11) is 4.30. The molecule has 0 aromatic heterocycles. The number of hydrogen-bond donors (Lipinski definition) is 0. The Morgan fingerprint density at radius 1 is 1.26 bits per heavy atom. The first-order chi connectivity index (χ1) is 9.03. The largest absolute Gasteiger partial charge is 0.120 e. The van der Waals surface area contributed by atoms with Crippen molar-refractivity contribution >= 4 is 15.1 Å². The molecule has 0 aromatic rings. The molecule has 19 heavy (non-hydrogen) atoms. The lowest BCUT2D eigenvalue weighted by atomic mass is 9.02. The van der Waals surface area contributed by atoms with Crippen LogP contribution in [0.5, 0.6) is 0 Å². The summed E-state index contributed by atoms with van der Waals surface area (Å²) in [4.78, 5) is 0. The minimum absolute atomic E-state index is 0.674. The molecule has 5 fully saturated rings. The third kappa shape index (κ3) is 0.814.